The van der Waals surface area contributed by atoms with E-state index < -0.39 is 0 Å². The average molecular weight is 201 g/mol. The summed E-state index contributed by atoms with van der Waals surface area (Å²) in [6.07, 6.45) is 5.34. The van der Waals surface area contributed by atoms with E-state index >= 15 is 0 Å². The highest BCUT2D eigenvalue weighted by Crippen LogP contribution is 2.12. The van der Waals surface area contributed by atoms with E-state index in [1.54, 1.807) is 0 Å². The van der Waals surface area contributed by atoms with Crippen LogP contribution in [-0.4, -0.2) is 4.98 Å². The fourth-order valence-electron chi connectivity index (χ4n) is 1.45. The predicted molar refractivity (Wildman–Crippen MR) is 68.1 cm³/mol. The van der Waals surface area contributed by atoms with Gasteiger partial charge in [-0.15, -0.1) is 0 Å². The highest BCUT2D eigenvalue weighted by Gasteiger charge is 1.92. The Kier molecular flexibility index (Phi) is 4.69. The first-order chi connectivity index (χ1) is 7.27. The highest BCUT2D eigenvalue weighted by molar-refractivity contribution is 5.79. The molecule has 0 fully saturated rings. The van der Waals surface area contributed by atoms with Crippen molar-refractivity contribution in [1.82, 2.24) is 4.98 Å². The molecule has 0 atom stereocenters. The summed E-state index contributed by atoms with van der Waals surface area (Å²) < 4.78 is 0. The molecule has 1 aromatic carbocycles. The average Bonchev–Trinajstić information content (AvgIpc) is 2.60. The number of hydrogen-bond donors (Lipinski definition) is 1. The fourth-order valence-corrected chi connectivity index (χ4v) is 1.45. The Bertz CT molecular complexity index is 391. The van der Waals surface area contributed by atoms with Gasteiger partial charge in [0.2, 0.25) is 0 Å². The van der Waals surface area contributed by atoms with Gasteiger partial charge in [0.25, 0.3) is 0 Å². The molecule has 15 heavy (non-hydrogen) atoms. The molecule has 0 unspecified atom stereocenters. The molecule has 0 aliphatic rings. The maximum atomic E-state index is 3.26. The maximum Gasteiger partial charge on any atom is 0.0455 e. The van der Waals surface area contributed by atoms with Gasteiger partial charge in [0.1, 0.15) is 0 Å². The largest absolute Gasteiger partial charge is 0.359 e. The molecule has 1 nitrogen and oxygen atoms in total. The molecule has 1 aromatic heterocycles. The first kappa shape index (κ1) is 11.6. The van der Waals surface area contributed by atoms with Crippen LogP contribution in [0.25, 0.3) is 10.9 Å². The highest BCUT2D eigenvalue weighted by atomic mass is 14.7. The number of fused-ring (bicyclic) bond motifs is 1. The summed E-state index contributed by atoms with van der Waals surface area (Å²) in [7, 11) is 0. The Morgan fingerprint density at radius 3 is 2.53 bits per heavy atom. The van der Waals surface area contributed by atoms with Gasteiger partial charge in [0.15, 0.2) is 0 Å². The zero-order valence-corrected chi connectivity index (χ0v) is 9.75. The second kappa shape index (κ2) is 6.07. The summed E-state index contributed by atoms with van der Waals surface area (Å²) in [5.41, 5.74) is 2.45. The molecular weight excluding hydrogens is 182 g/mol. The van der Waals surface area contributed by atoms with E-state index in [2.05, 4.69) is 55.2 Å². The molecule has 1 heterocycles. The van der Waals surface area contributed by atoms with Crippen LogP contribution in [0.1, 0.15) is 26.0 Å². The van der Waals surface area contributed by atoms with Crippen molar-refractivity contribution in [3.05, 3.63) is 48.2 Å². The van der Waals surface area contributed by atoms with Crippen molar-refractivity contribution in [2.45, 2.75) is 27.2 Å². The number of nitrogens with one attached hydrogen (secondary N) is 1. The first-order valence-corrected chi connectivity index (χ1v) is 5.43. The molecule has 0 aliphatic heterocycles. The van der Waals surface area contributed by atoms with E-state index in [-0.39, 0.29) is 0 Å². The minimum atomic E-state index is 1.16. The number of aromatic nitrogens is 1. The van der Waals surface area contributed by atoms with E-state index in [1.165, 1.54) is 16.6 Å². The van der Waals surface area contributed by atoms with Gasteiger partial charge in [0.05, 0.1) is 0 Å². The molecule has 0 bridgehead atoms. The number of aromatic amines is 1. The second-order valence-electron chi connectivity index (χ2n) is 3.52. The van der Waals surface area contributed by atoms with E-state index in [4.69, 9.17) is 0 Å². The molecule has 80 valence electrons. The lowest BCUT2D eigenvalue weighted by atomic mass is 10.2. The minimum absolute atomic E-state index is 1.16. The summed E-state index contributed by atoms with van der Waals surface area (Å²) in [4.78, 5) is 3.26. The van der Waals surface area contributed by atoms with Crippen molar-refractivity contribution in [3.8, 4) is 0 Å². The number of benzene rings is 1. The van der Waals surface area contributed by atoms with Crippen molar-refractivity contribution in [1.29, 1.82) is 0 Å². The summed E-state index contributed by atoms with van der Waals surface area (Å²) in [5.74, 6) is 0. The monoisotopic (exact) mass is 201 g/mol. The zero-order valence-electron chi connectivity index (χ0n) is 9.75. The van der Waals surface area contributed by atoms with Crippen LogP contribution in [0.4, 0.5) is 0 Å². The summed E-state index contributed by atoms with van der Waals surface area (Å²) in [6.45, 7) is 6.23. The molecule has 0 aliphatic carbocycles. The van der Waals surface area contributed by atoms with Crippen molar-refractivity contribution in [3.63, 3.8) is 0 Å². The topological polar surface area (TPSA) is 15.8 Å². The van der Waals surface area contributed by atoms with Gasteiger partial charge >= 0.3 is 0 Å². The van der Waals surface area contributed by atoms with Crippen LogP contribution in [0.5, 0.6) is 0 Å². The van der Waals surface area contributed by atoms with Crippen LogP contribution in [0.2, 0.25) is 0 Å². The lowest BCUT2D eigenvalue weighted by Gasteiger charge is -1.83. The Morgan fingerprint density at radius 1 is 1.27 bits per heavy atom. The third kappa shape index (κ3) is 3.62. The fraction of sp³-hybridized carbons (Fsp3) is 0.286. The number of para-hydroxylation sites is 1. The quantitative estimate of drug-likeness (QED) is 0.656. The third-order valence-electron chi connectivity index (χ3n) is 2.14. The standard InChI is InChI=1S/C9H9N.C5H10/c1-7-6-8-4-2-3-5-9(8)10-7;1-3-5-4-2/h2-6,10H,1H3;3,5H,4H2,1-2H3/b;5-3-. The maximum absolute atomic E-state index is 3.26. The summed E-state index contributed by atoms with van der Waals surface area (Å²) in [6, 6.07) is 10.4. The molecule has 0 saturated heterocycles. The number of rotatable bonds is 1. The molecule has 2 aromatic rings. The Morgan fingerprint density at radius 2 is 2.00 bits per heavy atom. The summed E-state index contributed by atoms with van der Waals surface area (Å²) >= 11 is 0. The Balaban J connectivity index is 0.000000195. The van der Waals surface area contributed by atoms with E-state index in [1.807, 2.05) is 13.0 Å². The van der Waals surface area contributed by atoms with Crippen molar-refractivity contribution in [2.75, 3.05) is 0 Å². The predicted octanol–water partition coefficient (Wildman–Crippen LogP) is 4.45. The second-order valence-corrected chi connectivity index (χ2v) is 3.52. The van der Waals surface area contributed by atoms with Gasteiger partial charge in [-0.3, -0.25) is 0 Å². The van der Waals surface area contributed by atoms with Crippen LogP contribution < -0.4 is 0 Å². The zero-order chi connectivity index (χ0) is 11.1. The van der Waals surface area contributed by atoms with Gasteiger partial charge < -0.3 is 4.98 Å². The number of aryl methyl sites for hydroxylation is 1. The molecule has 0 radical (unpaired) electrons. The van der Waals surface area contributed by atoms with Crippen molar-refractivity contribution in [2.24, 2.45) is 0 Å². The molecular formula is C14H19N. The molecule has 0 spiro atoms. The van der Waals surface area contributed by atoms with E-state index in [0.29, 0.717) is 0 Å². The number of hydrogen-bond acceptors (Lipinski definition) is 0. The van der Waals surface area contributed by atoms with E-state index in [0.717, 1.165) is 6.42 Å². The van der Waals surface area contributed by atoms with Crippen LogP contribution in [0.3, 0.4) is 0 Å². The van der Waals surface area contributed by atoms with Crippen LogP contribution in [0, 0.1) is 6.92 Å². The smallest absolute Gasteiger partial charge is 0.0455 e. The first-order valence-electron chi connectivity index (χ1n) is 5.43. The number of H-pyrrole nitrogens is 1. The molecule has 1 heteroatoms. The van der Waals surface area contributed by atoms with Crippen LogP contribution >= 0.6 is 0 Å². The molecule has 0 amide bonds. The Labute approximate surface area is 91.8 Å². The normalized spacial score (nSPS) is 10.3. The molecule has 0 saturated carbocycles. The minimum Gasteiger partial charge on any atom is -0.359 e. The van der Waals surface area contributed by atoms with Gasteiger partial charge in [-0.2, -0.15) is 0 Å². The van der Waals surface area contributed by atoms with Gasteiger partial charge in [-0.05, 0) is 37.8 Å². The van der Waals surface area contributed by atoms with E-state index in [9.17, 15) is 0 Å². The van der Waals surface area contributed by atoms with Crippen LogP contribution in [0.15, 0.2) is 42.5 Å². The van der Waals surface area contributed by atoms with Gasteiger partial charge in [-0.25, -0.2) is 0 Å². The van der Waals surface area contributed by atoms with Crippen molar-refractivity contribution < 1.29 is 0 Å². The Hall–Kier alpha value is -1.50. The lowest BCUT2D eigenvalue weighted by Crippen LogP contribution is -1.65. The summed E-state index contributed by atoms with van der Waals surface area (Å²) in [5, 5.41) is 1.29. The SMILES string of the molecule is C/C=C\CC.Cc1cc2ccccc2[nH]1. The van der Waals surface area contributed by atoms with Crippen molar-refractivity contribution >= 4 is 10.9 Å². The number of allylic oxidation sites excluding steroid dienone is 2. The third-order valence-corrected chi connectivity index (χ3v) is 2.14. The molecule has 2 rings (SSSR count). The van der Waals surface area contributed by atoms with Crippen LogP contribution in [-0.2, 0) is 0 Å². The van der Waals surface area contributed by atoms with Gasteiger partial charge in [-0.1, -0.05) is 37.3 Å². The lowest BCUT2D eigenvalue weighted by molar-refractivity contribution is 1.22. The van der Waals surface area contributed by atoms with Gasteiger partial charge in [0, 0.05) is 11.2 Å². The molecule has 1 N–H and O–H groups in total.